The average molecular weight is 361 g/mol. The molecule has 0 atom stereocenters. The molecule has 0 unspecified atom stereocenters. The zero-order valence-electron chi connectivity index (χ0n) is 14.8. The Labute approximate surface area is 157 Å². The average Bonchev–Trinajstić information content (AvgIpc) is 3.11. The zero-order chi connectivity index (χ0) is 17.9. The first-order valence-corrected chi connectivity index (χ1v) is 9.90. The van der Waals surface area contributed by atoms with Crippen molar-refractivity contribution in [3.63, 3.8) is 0 Å². The smallest absolute Gasteiger partial charge is 0.241 e. The molecule has 0 saturated carbocycles. The van der Waals surface area contributed by atoms with E-state index < -0.39 is 0 Å². The molecule has 0 spiro atoms. The molecular formula is C22H21N2OS+. The van der Waals surface area contributed by atoms with E-state index in [-0.39, 0.29) is 5.91 Å². The summed E-state index contributed by atoms with van der Waals surface area (Å²) in [7, 11) is 0. The van der Waals surface area contributed by atoms with Crippen LogP contribution in [0.4, 0.5) is 0 Å². The normalized spacial score (nSPS) is 11.3. The van der Waals surface area contributed by atoms with Gasteiger partial charge in [-0.25, -0.2) is 0 Å². The monoisotopic (exact) mass is 361 g/mol. The van der Waals surface area contributed by atoms with E-state index in [1.165, 1.54) is 10.9 Å². The number of carbonyl (C=O) groups is 1. The summed E-state index contributed by atoms with van der Waals surface area (Å²) in [6.45, 7) is 3.18. The number of aromatic nitrogens is 2. The summed E-state index contributed by atoms with van der Waals surface area (Å²) in [4.78, 5) is 13.9. The third-order valence-electron chi connectivity index (χ3n) is 4.57. The van der Waals surface area contributed by atoms with Crippen LogP contribution in [0.1, 0.15) is 18.1 Å². The number of thioether (sulfide) groups is 1. The summed E-state index contributed by atoms with van der Waals surface area (Å²) < 4.78 is 4.03. The van der Waals surface area contributed by atoms with Crippen molar-refractivity contribution in [3.05, 3.63) is 73.1 Å². The van der Waals surface area contributed by atoms with Crippen LogP contribution in [-0.4, -0.2) is 16.2 Å². The van der Waals surface area contributed by atoms with Crippen molar-refractivity contribution in [2.45, 2.75) is 24.8 Å². The van der Waals surface area contributed by atoms with Gasteiger partial charge in [0.05, 0.1) is 16.7 Å². The van der Waals surface area contributed by atoms with Gasteiger partial charge in [0.15, 0.2) is 6.20 Å². The van der Waals surface area contributed by atoms with Gasteiger partial charge in [0.2, 0.25) is 11.4 Å². The lowest BCUT2D eigenvalue weighted by Crippen LogP contribution is -2.33. The molecule has 0 aliphatic heterocycles. The second-order valence-corrected chi connectivity index (χ2v) is 7.33. The van der Waals surface area contributed by atoms with Gasteiger partial charge in [0.25, 0.3) is 0 Å². The maximum Gasteiger partial charge on any atom is 0.241 e. The number of hydrogen-bond acceptors (Lipinski definition) is 2. The molecule has 4 heteroatoms. The predicted octanol–water partition coefficient (Wildman–Crippen LogP) is 4.92. The zero-order valence-corrected chi connectivity index (χ0v) is 15.6. The number of nitrogens with zero attached hydrogens (tertiary/aromatic N) is 2. The molecule has 2 aromatic heterocycles. The molecule has 0 radical (unpaired) electrons. The lowest BCUT2D eigenvalue weighted by molar-refractivity contribution is -0.671. The standard InChI is InChI=1S/C22H21N2OS/c1-2-13-23-14-12-21(18-8-4-6-10-20(18)23)26-16-22(25)24-15-11-17-7-3-5-9-19(17)24/h3-12,14-15H,2,13,16H2,1H3/q+1. The molecule has 130 valence electrons. The van der Waals surface area contributed by atoms with Crippen LogP contribution in [0.25, 0.3) is 21.8 Å². The Hall–Kier alpha value is -2.59. The van der Waals surface area contributed by atoms with Gasteiger partial charge in [-0.2, -0.15) is 4.57 Å². The maximum absolute atomic E-state index is 12.7. The van der Waals surface area contributed by atoms with Gasteiger partial charge in [-0.1, -0.05) is 37.3 Å². The molecule has 0 aliphatic carbocycles. The molecule has 0 fully saturated rings. The van der Waals surface area contributed by atoms with E-state index in [9.17, 15) is 4.79 Å². The highest BCUT2D eigenvalue weighted by Crippen LogP contribution is 2.26. The van der Waals surface area contributed by atoms with Crippen LogP contribution in [-0.2, 0) is 6.54 Å². The van der Waals surface area contributed by atoms with Crippen molar-refractivity contribution >= 4 is 39.5 Å². The summed E-state index contributed by atoms with van der Waals surface area (Å²) in [6, 6.07) is 20.5. The third-order valence-corrected chi connectivity index (χ3v) is 5.63. The van der Waals surface area contributed by atoms with Crippen LogP contribution in [0.15, 0.2) is 78.0 Å². The maximum atomic E-state index is 12.7. The molecule has 0 N–H and O–H groups in total. The number of aryl methyl sites for hydroxylation is 1. The van der Waals surface area contributed by atoms with E-state index in [0.717, 1.165) is 28.8 Å². The second kappa shape index (κ2) is 7.34. The molecule has 26 heavy (non-hydrogen) atoms. The van der Waals surface area contributed by atoms with Gasteiger partial charge < -0.3 is 0 Å². The van der Waals surface area contributed by atoms with Gasteiger partial charge in [-0.3, -0.25) is 9.36 Å². The SMILES string of the molecule is CCC[n+]1ccc(SCC(=O)n2ccc3ccccc32)c2ccccc21. The van der Waals surface area contributed by atoms with Gasteiger partial charge in [0.1, 0.15) is 6.54 Å². The van der Waals surface area contributed by atoms with Crippen LogP contribution >= 0.6 is 11.8 Å². The Morgan fingerprint density at radius 2 is 1.85 bits per heavy atom. The quantitative estimate of drug-likeness (QED) is 0.372. The Kier molecular flexibility index (Phi) is 4.76. The number of rotatable bonds is 5. The fraction of sp³-hybridized carbons (Fsp3) is 0.182. The van der Waals surface area contributed by atoms with Crippen molar-refractivity contribution < 1.29 is 9.36 Å². The van der Waals surface area contributed by atoms with Gasteiger partial charge in [-0.05, 0) is 18.2 Å². The van der Waals surface area contributed by atoms with Crippen molar-refractivity contribution in [1.82, 2.24) is 4.57 Å². The minimum absolute atomic E-state index is 0.102. The Balaban J connectivity index is 1.60. The minimum atomic E-state index is 0.102. The second-order valence-electron chi connectivity index (χ2n) is 6.32. The van der Waals surface area contributed by atoms with Crippen molar-refractivity contribution in [1.29, 1.82) is 0 Å². The van der Waals surface area contributed by atoms with E-state index in [2.05, 4.69) is 48.0 Å². The topological polar surface area (TPSA) is 25.9 Å². The lowest BCUT2D eigenvalue weighted by atomic mass is 10.2. The molecule has 0 amide bonds. The summed E-state index contributed by atoms with van der Waals surface area (Å²) in [5.74, 6) is 0.520. The Morgan fingerprint density at radius 3 is 2.73 bits per heavy atom. The van der Waals surface area contributed by atoms with Crippen molar-refractivity contribution in [2.75, 3.05) is 5.75 Å². The van der Waals surface area contributed by atoms with Crippen LogP contribution < -0.4 is 4.57 Å². The van der Waals surface area contributed by atoms with E-state index in [1.807, 2.05) is 36.5 Å². The highest BCUT2D eigenvalue weighted by atomic mass is 32.2. The molecule has 0 saturated heterocycles. The van der Waals surface area contributed by atoms with Gasteiger partial charge in [-0.15, -0.1) is 11.8 Å². The van der Waals surface area contributed by atoms with E-state index in [4.69, 9.17) is 0 Å². The summed E-state index contributed by atoms with van der Waals surface area (Å²) >= 11 is 1.61. The van der Waals surface area contributed by atoms with Crippen molar-refractivity contribution in [2.24, 2.45) is 0 Å². The first kappa shape index (κ1) is 16.9. The van der Waals surface area contributed by atoms with Crippen LogP contribution in [0.2, 0.25) is 0 Å². The summed E-state index contributed by atoms with van der Waals surface area (Å²) in [6.07, 6.45) is 5.09. The number of carbonyl (C=O) groups excluding carboxylic acids is 1. The number of pyridine rings is 1. The highest BCUT2D eigenvalue weighted by Gasteiger charge is 2.14. The predicted molar refractivity (Wildman–Crippen MR) is 108 cm³/mol. The number of benzene rings is 2. The first-order chi connectivity index (χ1) is 12.8. The Morgan fingerprint density at radius 1 is 1.04 bits per heavy atom. The molecule has 0 bridgehead atoms. The molecule has 4 aromatic rings. The summed E-state index contributed by atoms with van der Waals surface area (Å²) in [5, 5.41) is 2.30. The fourth-order valence-electron chi connectivity index (χ4n) is 3.33. The van der Waals surface area contributed by atoms with Gasteiger partial charge >= 0.3 is 0 Å². The molecule has 2 aromatic carbocycles. The van der Waals surface area contributed by atoms with Gasteiger partial charge in [0, 0.05) is 35.0 Å². The third kappa shape index (κ3) is 3.13. The fourth-order valence-corrected chi connectivity index (χ4v) is 4.23. The van der Waals surface area contributed by atoms with Crippen molar-refractivity contribution in [3.8, 4) is 0 Å². The molecule has 3 nitrogen and oxygen atoms in total. The molecule has 0 aliphatic rings. The number of para-hydroxylation sites is 2. The highest BCUT2D eigenvalue weighted by molar-refractivity contribution is 8.00. The number of hydrogen-bond donors (Lipinski definition) is 0. The van der Waals surface area contributed by atoms with E-state index in [0.29, 0.717) is 5.75 Å². The summed E-state index contributed by atoms with van der Waals surface area (Å²) in [5.41, 5.74) is 2.19. The first-order valence-electron chi connectivity index (χ1n) is 8.91. The minimum Gasteiger partial charge on any atom is -0.287 e. The number of fused-ring (bicyclic) bond motifs is 2. The largest absolute Gasteiger partial charge is 0.287 e. The van der Waals surface area contributed by atoms with Crippen LogP contribution in [0, 0.1) is 0 Å². The van der Waals surface area contributed by atoms with E-state index in [1.54, 1.807) is 16.3 Å². The van der Waals surface area contributed by atoms with Crippen LogP contribution in [0.5, 0.6) is 0 Å². The molecule has 2 heterocycles. The van der Waals surface area contributed by atoms with E-state index >= 15 is 0 Å². The Bertz CT molecular complexity index is 1080. The lowest BCUT2D eigenvalue weighted by Gasteiger charge is -2.07. The molecular weight excluding hydrogens is 340 g/mol. The molecule has 4 rings (SSSR count). The van der Waals surface area contributed by atoms with Crippen LogP contribution in [0.3, 0.4) is 0 Å².